The number of hydrogen-bond acceptors (Lipinski definition) is 2. The van der Waals surface area contributed by atoms with Crippen molar-refractivity contribution < 1.29 is 0 Å². The second kappa shape index (κ2) is 6.56. The molecule has 2 aromatic carbocycles. The van der Waals surface area contributed by atoms with E-state index in [1.54, 1.807) is 0 Å². The van der Waals surface area contributed by atoms with Crippen LogP contribution in [0.2, 0.25) is 13.1 Å². The summed E-state index contributed by atoms with van der Waals surface area (Å²) in [6.07, 6.45) is 2.40. The maximum absolute atomic E-state index is 2.52. The number of benzene rings is 2. The first kappa shape index (κ1) is 17.6. The predicted molar refractivity (Wildman–Crippen MR) is 115 cm³/mol. The van der Waals surface area contributed by atoms with Gasteiger partial charge < -0.3 is 9.80 Å². The Morgan fingerprint density at radius 3 is 1.52 bits per heavy atom. The van der Waals surface area contributed by atoms with Crippen molar-refractivity contribution in [1.29, 1.82) is 0 Å². The molecule has 3 heteroatoms. The lowest BCUT2D eigenvalue weighted by molar-refractivity contribution is 1.13. The van der Waals surface area contributed by atoms with Crippen LogP contribution in [-0.4, -0.2) is 36.3 Å². The maximum atomic E-state index is 2.52. The highest BCUT2D eigenvalue weighted by Crippen LogP contribution is 2.38. The van der Waals surface area contributed by atoms with Crippen LogP contribution >= 0.6 is 0 Å². The van der Waals surface area contributed by atoms with E-state index in [1.807, 2.05) is 0 Å². The molecule has 0 saturated carbocycles. The van der Waals surface area contributed by atoms with Crippen molar-refractivity contribution in [2.24, 2.45) is 0 Å². The molecular weight excluding hydrogens is 320 g/mol. The molecule has 0 atom stereocenters. The van der Waals surface area contributed by atoms with Gasteiger partial charge in [0, 0.05) is 39.6 Å². The van der Waals surface area contributed by atoms with Crippen molar-refractivity contribution in [2.75, 3.05) is 38.0 Å². The van der Waals surface area contributed by atoms with Crippen LogP contribution in [0.15, 0.2) is 60.3 Å². The number of anilines is 2. The van der Waals surface area contributed by atoms with Crippen LogP contribution in [-0.2, 0) is 0 Å². The Morgan fingerprint density at radius 1 is 0.640 bits per heavy atom. The van der Waals surface area contributed by atoms with Crippen molar-refractivity contribution in [3.05, 3.63) is 71.4 Å². The van der Waals surface area contributed by atoms with E-state index in [0.717, 1.165) is 0 Å². The summed E-state index contributed by atoms with van der Waals surface area (Å²) in [6, 6.07) is 17.8. The van der Waals surface area contributed by atoms with Crippen molar-refractivity contribution in [2.45, 2.75) is 13.1 Å². The third kappa shape index (κ3) is 3.56. The van der Waals surface area contributed by atoms with E-state index in [0.29, 0.717) is 0 Å². The molecule has 0 fully saturated rings. The van der Waals surface area contributed by atoms with Gasteiger partial charge in [0.15, 0.2) is 0 Å². The molecule has 0 unspecified atom stereocenters. The molecule has 0 spiro atoms. The number of nitrogens with zero attached hydrogens (tertiary/aromatic N) is 2. The van der Waals surface area contributed by atoms with E-state index < -0.39 is 8.07 Å². The fraction of sp³-hybridized carbons (Fsp3) is 0.273. The Labute approximate surface area is 153 Å². The standard InChI is InChI=1S/C22H28N2Si/c1-23(2)20-11-7-17(8-12-20)19-15-22(25(5,6)16-19)18-9-13-21(14-10-18)24(3)4/h7-16H,1-6H3. The van der Waals surface area contributed by atoms with Gasteiger partial charge in [0.1, 0.15) is 8.07 Å². The second-order valence-electron chi connectivity index (χ2n) is 7.76. The van der Waals surface area contributed by atoms with Crippen LogP contribution in [0.3, 0.4) is 0 Å². The molecule has 0 aliphatic carbocycles. The van der Waals surface area contributed by atoms with Crippen LogP contribution in [0.4, 0.5) is 11.4 Å². The summed E-state index contributed by atoms with van der Waals surface area (Å²) in [6.45, 7) is 4.86. The summed E-state index contributed by atoms with van der Waals surface area (Å²) >= 11 is 0. The van der Waals surface area contributed by atoms with Gasteiger partial charge in [-0.3, -0.25) is 0 Å². The fourth-order valence-electron chi connectivity index (χ4n) is 3.36. The summed E-state index contributed by atoms with van der Waals surface area (Å²) < 4.78 is 0. The average molecular weight is 349 g/mol. The van der Waals surface area contributed by atoms with Gasteiger partial charge >= 0.3 is 0 Å². The van der Waals surface area contributed by atoms with E-state index >= 15 is 0 Å². The second-order valence-corrected chi connectivity index (χ2v) is 12.0. The molecule has 1 aliphatic heterocycles. The van der Waals surface area contributed by atoms with Gasteiger partial charge in [-0.1, -0.05) is 49.1 Å². The highest BCUT2D eigenvalue weighted by atomic mass is 28.3. The van der Waals surface area contributed by atoms with Crippen molar-refractivity contribution in [3.63, 3.8) is 0 Å². The SMILES string of the molecule is CN(C)c1ccc(C2=C[Si](C)(C)C(c3ccc(N(C)C)cc3)=C2)cc1. The molecule has 3 rings (SSSR count). The first-order valence-corrected chi connectivity index (χ1v) is 11.9. The van der Waals surface area contributed by atoms with Gasteiger partial charge in [0.2, 0.25) is 0 Å². The summed E-state index contributed by atoms with van der Waals surface area (Å²) in [7, 11) is 6.76. The lowest BCUT2D eigenvalue weighted by Gasteiger charge is -2.20. The largest absolute Gasteiger partial charge is 0.378 e. The molecule has 130 valence electrons. The molecule has 1 aliphatic rings. The summed E-state index contributed by atoms with van der Waals surface area (Å²) in [5, 5.41) is 1.52. The Hall–Kier alpha value is -2.26. The summed E-state index contributed by atoms with van der Waals surface area (Å²) in [5.74, 6) is 0. The van der Waals surface area contributed by atoms with Crippen molar-refractivity contribution in [3.8, 4) is 0 Å². The van der Waals surface area contributed by atoms with Crippen molar-refractivity contribution in [1.82, 2.24) is 0 Å². The Balaban J connectivity index is 1.93. The topological polar surface area (TPSA) is 6.48 Å². The van der Waals surface area contributed by atoms with E-state index in [-0.39, 0.29) is 0 Å². The van der Waals surface area contributed by atoms with Crippen LogP contribution < -0.4 is 9.80 Å². The molecule has 2 aromatic rings. The molecule has 0 N–H and O–H groups in total. The zero-order valence-corrected chi connectivity index (χ0v) is 17.2. The minimum Gasteiger partial charge on any atom is -0.378 e. The zero-order chi connectivity index (χ0) is 18.2. The minimum absolute atomic E-state index is 1.24. The first-order valence-electron chi connectivity index (χ1n) is 8.78. The number of rotatable bonds is 4. The molecule has 0 saturated heterocycles. The van der Waals surface area contributed by atoms with Gasteiger partial charge in [-0.05, 0) is 46.2 Å². The Bertz CT molecular complexity index is 810. The van der Waals surface area contributed by atoms with Crippen LogP contribution in [0.1, 0.15) is 11.1 Å². The third-order valence-electron chi connectivity index (χ3n) is 4.92. The smallest absolute Gasteiger partial charge is 0.105 e. The highest BCUT2D eigenvalue weighted by Gasteiger charge is 2.30. The highest BCUT2D eigenvalue weighted by molar-refractivity contribution is 7.00. The van der Waals surface area contributed by atoms with Gasteiger partial charge in [-0.15, -0.1) is 0 Å². The molecule has 25 heavy (non-hydrogen) atoms. The minimum atomic E-state index is -1.56. The molecule has 0 radical (unpaired) electrons. The Morgan fingerprint density at radius 2 is 1.08 bits per heavy atom. The Kier molecular flexibility index (Phi) is 4.61. The average Bonchev–Trinajstić information content (AvgIpc) is 2.90. The van der Waals surface area contributed by atoms with Crippen LogP contribution in [0.25, 0.3) is 10.8 Å². The first-order chi connectivity index (χ1) is 11.8. The van der Waals surface area contributed by atoms with E-state index in [1.165, 1.54) is 33.3 Å². The summed E-state index contributed by atoms with van der Waals surface area (Å²) in [4.78, 5) is 4.28. The third-order valence-corrected chi connectivity index (χ3v) is 7.78. The lowest BCUT2D eigenvalue weighted by atomic mass is 10.1. The lowest BCUT2D eigenvalue weighted by Crippen LogP contribution is -2.23. The van der Waals surface area contributed by atoms with E-state index in [2.05, 4.69) is 111 Å². The maximum Gasteiger partial charge on any atom is 0.105 e. The van der Waals surface area contributed by atoms with Crippen molar-refractivity contribution >= 4 is 30.2 Å². The zero-order valence-electron chi connectivity index (χ0n) is 16.2. The molecule has 0 amide bonds. The quantitative estimate of drug-likeness (QED) is 0.710. The summed E-state index contributed by atoms with van der Waals surface area (Å²) in [5.41, 5.74) is 9.04. The normalized spacial score (nSPS) is 15.6. The molecule has 2 nitrogen and oxygen atoms in total. The van der Waals surface area contributed by atoms with Gasteiger partial charge in [-0.2, -0.15) is 0 Å². The van der Waals surface area contributed by atoms with Gasteiger partial charge in [0.05, 0.1) is 0 Å². The molecular formula is C22H28N2Si. The number of allylic oxidation sites excluding steroid dienone is 2. The monoisotopic (exact) mass is 348 g/mol. The fourth-order valence-corrected chi connectivity index (χ4v) is 5.98. The van der Waals surface area contributed by atoms with E-state index in [4.69, 9.17) is 0 Å². The predicted octanol–water partition coefficient (Wildman–Crippen LogP) is 5.09. The van der Waals surface area contributed by atoms with Crippen LogP contribution in [0.5, 0.6) is 0 Å². The van der Waals surface area contributed by atoms with Gasteiger partial charge in [0.25, 0.3) is 0 Å². The van der Waals surface area contributed by atoms with Crippen LogP contribution in [0, 0.1) is 0 Å². The molecule has 1 heterocycles. The van der Waals surface area contributed by atoms with E-state index in [9.17, 15) is 0 Å². The molecule has 0 bridgehead atoms. The van der Waals surface area contributed by atoms with Gasteiger partial charge in [-0.25, -0.2) is 0 Å². The number of hydrogen-bond donors (Lipinski definition) is 0. The molecule has 0 aromatic heterocycles.